The third-order valence-electron chi connectivity index (χ3n) is 2.74. The van der Waals surface area contributed by atoms with Crippen LogP contribution >= 0.6 is 11.8 Å². The van der Waals surface area contributed by atoms with Crippen LogP contribution < -0.4 is 10.5 Å². The Morgan fingerprint density at radius 3 is 2.68 bits per heavy atom. The van der Waals surface area contributed by atoms with E-state index in [1.807, 2.05) is 38.2 Å². The number of nitrogens with zero attached hydrogens (tertiary/aromatic N) is 4. The number of hydrogen-bond donors (Lipinski definition) is 1. The summed E-state index contributed by atoms with van der Waals surface area (Å²) in [5, 5.41) is 12.2. The topological polar surface area (TPSA) is 78.9 Å². The van der Waals surface area contributed by atoms with Gasteiger partial charge in [-0.2, -0.15) is 0 Å². The van der Waals surface area contributed by atoms with Gasteiger partial charge in [0.05, 0.1) is 12.4 Å². The number of nitrogens with two attached hydrogens (primary N) is 1. The van der Waals surface area contributed by atoms with E-state index >= 15 is 0 Å². The maximum atomic E-state index is 6.10. The molecular formula is C12H17N5OS. The molecule has 0 fully saturated rings. The first-order valence-corrected chi connectivity index (χ1v) is 6.79. The Morgan fingerprint density at radius 1 is 1.37 bits per heavy atom. The lowest BCUT2D eigenvalue weighted by Gasteiger charge is -2.21. The van der Waals surface area contributed by atoms with Gasteiger partial charge in [-0.1, -0.05) is 30.0 Å². The van der Waals surface area contributed by atoms with Gasteiger partial charge in [0.25, 0.3) is 0 Å². The SMILES string of the molecule is COc1ccccc1C(Sc1nnnn1C)C(C)N. The van der Waals surface area contributed by atoms with Gasteiger partial charge in [-0.05, 0) is 23.4 Å². The summed E-state index contributed by atoms with van der Waals surface area (Å²) in [6.07, 6.45) is 0. The standard InChI is InChI=1S/C12H17N5OS/c1-8(13)11(19-12-14-15-16-17(12)2)9-6-4-5-7-10(9)18-3/h4-8,11H,13H2,1-3H3. The van der Waals surface area contributed by atoms with Gasteiger partial charge in [0, 0.05) is 18.7 Å². The van der Waals surface area contributed by atoms with Gasteiger partial charge in [-0.25, -0.2) is 4.68 Å². The van der Waals surface area contributed by atoms with Crippen molar-refractivity contribution in [3.05, 3.63) is 29.8 Å². The minimum absolute atomic E-state index is 0.0286. The number of para-hydroxylation sites is 1. The minimum atomic E-state index is -0.0574. The Bertz CT molecular complexity index is 542. The summed E-state index contributed by atoms with van der Waals surface area (Å²) in [6.45, 7) is 1.97. The van der Waals surface area contributed by atoms with Crippen LogP contribution in [-0.4, -0.2) is 33.4 Å². The molecule has 0 aliphatic rings. The molecule has 0 aliphatic carbocycles. The number of ether oxygens (including phenoxy) is 1. The Hall–Kier alpha value is -1.60. The second-order valence-corrected chi connectivity index (χ2v) is 5.33. The average Bonchev–Trinajstić information content (AvgIpc) is 2.81. The van der Waals surface area contributed by atoms with Crippen LogP contribution in [0.5, 0.6) is 5.75 Å². The van der Waals surface area contributed by atoms with Crippen LogP contribution in [0.1, 0.15) is 17.7 Å². The third kappa shape index (κ3) is 3.05. The number of tetrazole rings is 1. The van der Waals surface area contributed by atoms with Crippen LogP contribution in [0.25, 0.3) is 0 Å². The molecule has 1 aromatic carbocycles. The van der Waals surface area contributed by atoms with Crippen LogP contribution in [0.2, 0.25) is 0 Å². The average molecular weight is 279 g/mol. The highest BCUT2D eigenvalue weighted by atomic mass is 32.2. The molecule has 0 radical (unpaired) electrons. The first-order valence-electron chi connectivity index (χ1n) is 5.91. The molecule has 0 aliphatic heterocycles. The molecule has 1 heterocycles. The van der Waals surface area contributed by atoms with E-state index in [0.717, 1.165) is 16.5 Å². The van der Waals surface area contributed by atoms with Crippen molar-refractivity contribution in [1.29, 1.82) is 0 Å². The lowest BCUT2D eigenvalue weighted by molar-refractivity contribution is 0.408. The summed E-state index contributed by atoms with van der Waals surface area (Å²) in [4.78, 5) is 0. The Kier molecular flexibility index (Phi) is 4.39. The molecule has 2 N–H and O–H groups in total. The van der Waals surface area contributed by atoms with E-state index in [1.165, 1.54) is 11.8 Å². The van der Waals surface area contributed by atoms with Crippen LogP contribution in [0.3, 0.4) is 0 Å². The van der Waals surface area contributed by atoms with E-state index in [4.69, 9.17) is 10.5 Å². The van der Waals surface area contributed by atoms with E-state index in [-0.39, 0.29) is 11.3 Å². The maximum Gasteiger partial charge on any atom is 0.209 e. The van der Waals surface area contributed by atoms with Crippen molar-refractivity contribution in [2.45, 2.75) is 23.4 Å². The lowest BCUT2D eigenvalue weighted by atomic mass is 10.1. The smallest absolute Gasteiger partial charge is 0.209 e. The van der Waals surface area contributed by atoms with Crippen molar-refractivity contribution >= 4 is 11.8 Å². The molecular weight excluding hydrogens is 262 g/mol. The maximum absolute atomic E-state index is 6.10. The van der Waals surface area contributed by atoms with Crippen LogP contribution in [-0.2, 0) is 7.05 Å². The molecule has 0 spiro atoms. The van der Waals surface area contributed by atoms with Crippen molar-refractivity contribution in [2.24, 2.45) is 12.8 Å². The highest BCUT2D eigenvalue weighted by molar-refractivity contribution is 7.99. The third-order valence-corrected chi connectivity index (χ3v) is 4.23. The number of aromatic nitrogens is 4. The van der Waals surface area contributed by atoms with Gasteiger partial charge >= 0.3 is 0 Å². The Morgan fingerprint density at radius 2 is 2.11 bits per heavy atom. The highest BCUT2D eigenvalue weighted by Crippen LogP contribution is 2.39. The van der Waals surface area contributed by atoms with Crippen molar-refractivity contribution in [2.75, 3.05) is 7.11 Å². The molecule has 6 nitrogen and oxygen atoms in total. The number of aryl methyl sites for hydroxylation is 1. The van der Waals surface area contributed by atoms with Gasteiger partial charge in [-0.3, -0.25) is 0 Å². The molecule has 0 bridgehead atoms. The summed E-state index contributed by atoms with van der Waals surface area (Å²) in [6, 6.07) is 7.81. The molecule has 102 valence electrons. The van der Waals surface area contributed by atoms with Gasteiger partial charge in [0.2, 0.25) is 5.16 Å². The fraction of sp³-hybridized carbons (Fsp3) is 0.417. The summed E-state index contributed by atoms with van der Waals surface area (Å²) in [7, 11) is 3.47. The van der Waals surface area contributed by atoms with Crippen molar-refractivity contribution in [3.63, 3.8) is 0 Å². The second-order valence-electron chi connectivity index (χ2n) is 4.22. The van der Waals surface area contributed by atoms with Gasteiger partial charge in [0.15, 0.2) is 0 Å². The zero-order chi connectivity index (χ0) is 13.8. The largest absolute Gasteiger partial charge is 0.496 e. The summed E-state index contributed by atoms with van der Waals surface area (Å²) >= 11 is 1.53. The van der Waals surface area contributed by atoms with Crippen LogP contribution in [0, 0.1) is 0 Å². The highest BCUT2D eigenvalue weighted by Gasteiger charge is 2.23. The van der Waals surface area contributed by atoms with Crippen molar-refractivity contribution in [1.82, 2.24) is 20.2 Å². The van der Waals surface area contributed by atoms with Gasteiger partial charge < -0.3 is 10.5 Å². The molecule has 2 rings (SSSR count). The quantitative estimate of drug-likeness (QED) is 0.833. The molecule has 2 atom stereocenters. The number of methoxy groups -OCH3 is 1. The monoisotopic (exact) mass is 279 g/mol. The molecule has 2 aromatic rings. The molecule has 2 unspecified atom stereocenters. The zero-order valence-electron chi connectivity index (χ0n) is 11.1. The molecule has 0 saturated heterocycles. The fourth-order valence-electron chi connectivity index (χ4n) is 1.79. The number of thioether (sulfide) groups is 1. The first kappa shape index (κ1) is 13.8. The first-order chi connectivity index (χ1) is 9.13. The zero-order valence-corrected chi connectivity index (χ0v) is 12.0. The van der Waals surface area contributed by atoms with E-state index in [0.29, 0.717) is 0 Å². The molecule has 0 amide bonds. The number of hydrogen-bond acceptors (Lipinski definition) is 6. The fourth-order valence-corrected chi connectivity index (χ4v) is 2.83. The summed E-state index contributed by atoms with van der Waals surface area (Å²) < 4.78 is 7.03. The normalized spacial score (nSPS) is 14.1. The summed E-state index contributed by atoms with van der Waals surface area (Å²) in [5.41, 5.74) is 7.15. The van der Waals surface area contributed by atoms with Crippen molar-refractivity contribution < 1.29 is 4.74 Å². The van der Waals surface area contributed by atoms with E-state index in [1.54, 1.807) is 11.8 Å². The van der Waals surface area contributed by atoms with E-state index in [9.17, 15) is 0 Å². The molecule has 1 aromatic heterocycles. The molecule has 0 saturated carbocycles. The van der Waals surface area contributed by atoms with E-state index in [2.05, 4.69) is 15.5 Å². The summed E-state index contributed by atoms with van der Waals surface area (Å²) in [5.74, 6) is 0.826. The molecule has 7 heteroatoms. The van der Waals surface area contributed by atoms with Gasteiger partial charge in [-0.15, -0.1) is 5.10 Å². The number of benzene rings is 1. The van der Waals surface area contributed by atoms with Crippen molar-refractivity contribution in [3.8, 4) is 5.75 Å². The van der Waals surface area contributed by atoms with Crippen LogP contribution in [0.15, 0.2) is 29.4 Å². The second kappa shape index (κ2) is 6.03. The Labute approximate surface area is 116 Å². The predicted octanol–water partition coefficient (Wildman–Crippen LogP) is 1.40. The lowest BCUT2D eigenvalue weighted by Crippen LogP contribution is -2.23. The molecule has 19 heavy (non-hydrogen) atoms. The van der Waals surface area contributed by atoms with E-state index < -0.39 is 0 Å². The number of rotatable bonds is 5. The predicted molar refractivity (Wildman–Crippen MR) is 74.0 cm³/mol. The Balaban J connectivity index is 2.33. The van der Waals surface area contributed by atoms with Crippen LogP contribution in [0.4, 0.5) is 0 Å². The minimum Gasteiger partial charge on any atom is -0.496 e. The van der Waals surface area contributed by atoms with Gasteiger partial charge in [0.1, 0.15) is 5.75 Å².